The van der Waals surface area contributed by atoms with Gasteiger partial charge in [0.2, 0.25) is 5.91 Å². The van der Waals surface area contributed by atoms with Crippen molar-refractivity contribution in [1.29, 1.82) is 0 Å². The molecule has 0 aliphatic carbocycles. The molecule has 1 aliphatic heterocycles. The van der Waals surface area contributed by atoms with Gasteiger partial charge in [0, 0.05) is 5.38 Å². The predicted molar refractivity (Wildman–Crippen MR) is 64.0 cm³/mol. The highest BCUT2D eigenvalue weighted by atomic mass is 32.1. The van der Waals surface area contributed by atoms with Crippen molar-refractivity contribution in [3.05, 3.63) is 11.1 Å². The molecule has 0 spiro atoms. The van der Waals surface area contributed by atoms with Crippen LogP contribution in [-0.4, -0.2) is 35.4 Å². The van der Waals surface area contributed by atoms with Crippen molar-refractivity contribution in [3.8, 4) is 0 Å². The van der Waals surface area contributed by atoms with Gasteiger partial charge in [0.25, 0.3) is 0 Å². The van der Waals surface area contributed by atoms with E-state index in [-0.39, 0.29) is 5.91 Å². The summed E-state index contributed by atoms with van der Waals surface area (Å²) in [5.41, 5.74) is 6.33. The van der Waals surface area contributed by atoms with Crippen LogP contribution in [0.15, 0.2) is 5.38 Å². The van der Waals surface area contributed by atoms with E-state index in [1.807, 2.05) is 5.38 Å². The Kier molecular flexibility index (Phi) is 3.74. The molecule has 88 valence electrons. The second-order valence-electron chi connectivity index (χ2n) is 3.94. The average molecular weight is 240 g/mol. The van der Waals surface area contributed by atoms with Gasteiger partial charge in [-0.1, -0.05) is 0 Å². The van der Waals surface area contributed by atoms with Crippen LogP contribution in [0.1, 0.15) is 18.5 Å². The SMILES string of the molecule is Nc1nc(CNC(=O)CN2CCCC2)cs1. The topological polar surface area (TPSA) is 71.2 Å². The predicted octanol–water partition coefficient (Wildman–Crippen LogP) is 0.437. The largest absolute Gasteiger partial charge is 0.375 e. The maximum Gasteiger partial charge on any atom is 0.234 e. The molecule has 0 radical (unpaired) electrons. The molecule has 2 heterocycles. The van der Waals surface area contributed by atoms with Gasteiger partial charge in [-0.2, -0.15) is 0 Å². The molecule has 5 nitrogen and oxygen atoms in total. The Morgan fingerprint density at radius 1 is 1.56 bits per heavy atom. The molecular formula is C10H16N4OS. The minimum Gasteiger partial charge on any atom is -0.375 e. The number of likely N-dealkylation sites (tertiary alicyclic amines) is 1. The highest BCUT2D eigenvalue weighted by molar-refractivity contribution is 7.13. The molecule has 0 bridgehead atoms. The van der Waals surface area contributed by atoms with Crippen molar-refractivity contribution in [2.75, 3.05) is 25.4 Å². The Bertz CT molecular complexity index is 359. The maximum absolute atomic E-state index is 11.6. The average Bonchev–Trinajstić information content (AvgIpc) is 2.87. The van der Waals surface area contributed by atoms with Crippen molar-refractivity contribution in [2.24, 2.45) is 0 Å². The number of nitrogens with zero attached hydrogens (tertiary/aromatic N) is 2. The van der Waals surface area contributed by atoms with E-state index < -0.39 is 0 Å². The highest BCUT2D eigenvalue weighted by Gasteiger charge is 2.14. The minimum absolute atomic E-state index is 0.0634. The Morgan fingerprint density at radius 3 is 2.94 bits per heavy atom. The number of nitrogens with one attached hydrogen (secondary N) is 1. The van der Waals surface area contributed by atoms with Gasteiger partial charge in [-0.3, -0.25) is 9.69 Å². The van der Waals surface area contributed by atoms with Crippen LogP contribution >= 0.6 is 11.3 Å². The lowest BCUT2D eigenvalue weighted by Crippen LogP contribution is -2.35. The second-order valence-corrected chi connectivity index (χ2v) is 4.83. The number of hydrogen-bond donors (Lipinski definition) is 2. The summed E-state index contributed by atoms with van der Waals surface area (Å²) in [6, 6.07) is 0. The van der Waals surface area contributed by atoms with Gasteiger partial charge in [0.05, 0.1) is 18.8 Å². The molecular weight excluding hydrogens is 224 g/mol. The Balaban J connectivity index is 1.71. The first kappa shape index (κ1) is 11.3. The van der Waals surface area contributed by atoms with Gasteiger partial charge < -0.3 is 11.1 Å². The first-order chi connectivity index (χ1) is 7.74. The maximum atomic E-state index is 11.6. The van der Waals surface area contributed by atoms with Gasteiger partial charge in [-0.05, 0) is 25.9 Å². The molecule has 1 amide bonds. The standard InChI is InChI=1S/C10H16N4OS/c11-10-13-8(7-16-10)5-12-9(15)6-14-3-1-2-4-14/h7H,1-6H2,(H2,11,13)(H,12,15). The molecule has 1 aliphatic rings. The summed E-state index contributed by atoms with van der Waals surface area (Å²) in [7, 11) is 0. The molecule has 6 heteroatoms. The number of aromatic nitrogens is 1. The summed E-state index contributed by atoms with van der Waals surface area (Å²) in [6.45, 7) is 3.05. The molecule has 3 N–H and O–H groups in total. The Labute approximate surface area is 98.7 Å². The lowest BCUT2D eigenvalue weighted by molar-refractivity contribution is -0.122. The van der Waals surface area contributed by atoms with Crippen molar-refractivity contribution < 1.29 is 4.79 Å². The van der Waals surface area contributed by atoms with Gasteiger partial charge in [0.1, 0.15) is 0 Å². The van der Waals surface area contributed by atoms with E-state index in [9.17, 15) is 4.79 Å². The summed E-state index contributed by atoms with van der Waals surface area (Å²) >= 11 is 1.39. The first-order valence-corrected chi connectivity index (χ1v) is 6.31. The summed E-state index contributed by atoms with van der Waals surface area (Å²) in [5, 5.41) is 5.26. The zero-order valence-corrected chi connectivity index (χ0v) is 9.92. The van der Waals surface area contributed by atoms with Crippen molar-refractivity contribution in [1.82, 2.24) is 15.2 Å². The fourth-order valence-electron chi connectivity index (χ4n) is 1.79. The molecule has 1 saturated heterocycles. The number of hydrogen-bond acceptors (Lipinski definition) is 5. The number of carbonyl (C=O) groups excluding carboxylic acids is 1. The summed E-state index contributed by atoms with van der Waals surface area (Å²) in [6.07, 6.45) is 2.41. The van der Waals surface area contributed by atoms with Gasteiger partial charge in [-0.15, -0.1) is 11.3 Å². The number of nitrogens with two attached hydrogens (primary N) is 1. The van der Waals surface area contributed by atoms with Gasteiger partial charge >= 0.3 is 0 Å². The lowest BCUT2D eigenvalue weighted by Gasteiger charge is -2.13. The Morgan fingerprint density at radius 2 is 2.31 bits per heavy atom. The monoisotopic (exact) mass is 240 g/mol. The number of thiazole rings is 1. The van der Waals surface area contributed by atoms with Crippen LogP contribution in [0.5, 0.6) is 0 Å². The molecule has 2 rings (SSSR count). The van der Waals surface area contributed by atoms with Crippen molar-refractivity contribution in [3.63, 3.8) is 0 Å². The van der Waals surface area contributed by atoms with E-state index in [1.54, 1.807) is 0 Å². The third-order valence-corrected chi connectivity index (χ3v) is 3.32. The molecule has 0 unspecified atom stereocenters. The van der Waals surface area contributed by atoms with E-state index >= 15 is 0 Å². The highest BCUT2D eigenvalue weighted by Crippen LogP contribution is 2.10. The third-order valence-electron chi connectivity index (χ3n) is 2.60. The molecule has 1 aromatic heterocycles. The number of nitrogen functional groups attached to an aromatic ring is 1. The first-order valence-electron chi connectivity index (χ1n) is 5.43. The number of amides is 1. The van der Waals surface area contributed by atoms with E-state index in [4.69, 9.17) is 5.73 Å². The van der Waals surface area contributed by atoms with Crippen LogP contribution < -0.4 is 11.1 Å². The summed E-state index contributed by atoms with van der Waals surface area (Å²) in [4.78, 5) is 17.8. The lowest BCUT2D eigenvalue weighted by atomic mass is 10.4. The summed E-state index contributed by atoms with van der Waals surface area (Å²) < 4.78 is 0. The Hall–Kier alpha value is -1.14. The zero-order chi connectivity index (χ0) is 11.4. The van der Waals surface area contributed by atoms with Gasteiger partial charge in [-0.25, -0.2) is 4.98 Å². The number of anilines is 1. The van der Waals surface area contributed by atoms with Crippen LogP contribution in [-0.2, 0) is 11.3 Å². The minimum atomic E-state index is 0.0634. The van der Waals surface area contributed by atoms with Crippen molar-refractivity contribution >= 4 is 22.4 Å². The number of carbonyl (C=O) groups is 1. The number of rotatable bonds is 4. The fourth-order valence-corrected chi connectivity index (χ4v) is 2.36. The van der Waals surface area contributed by atoms with Gasteiger partial charge in [0.15, 0.2) is 5.13 Å². The van der Waals surface area contributed by atoms with E-state index in [0.717, 1.165) is 18.8 Å². The van der Waals surface area contributed by atoms with E-state index in [2.05, 4.69) is 15.2 Å². The van der Waals surface area contributed by atoms with E-state index in [0.29, 0.717) is 18.2 Å². The molecule has 16 heavy (non-hydrogen) atoms. The third kappa shape index (κ3) is 3.18. The molecule has 1 aromatic rings. The van der Waals surface area contributed by atoms with Crippen molar-refractivity contribution in [2.45, 2.75) is 19.4 Å². The van der Waals surface area contributed by atoms with Crippen LogP contribution in [0, 0.1) is 0 Å². The van der Waals surface area contributed by atoms with Crippen LogP contribution in [0.25, 0.3) is 0 Å². The fraction of sp³-hybridized carbons (Fsp3) is 0.600. The molecule has 0 saturated carbocycles. The zero-order valence-electron chi connectivity index (χ0n) is 9.11. The van der Waals surface area contributed by atoms with Crippen LogP contribution in [0.4, 0.5) is 5.13 Å². The molecule has 0 aromatic carbocycles. The van der Waals surface area contributed by atoms with Crippen LogP contribution in [0.2, 0.25) is 0 Å². The normalized spacial score (nSPS) is 16.5. The van der Waals surface area contributed by atoms with Crippen LogP contribution in [0.3, 0.4) is 0 Å². The second kappa shape index (κ2) is 5.27. The molecule has 0 atom stereocenters. The quantitative estimate of drug-likeness (QED) is 0.801. The van der Waals surface area contributed by atoms with E-state index in [1.165, 1.54) is 24.2 Å². The molecule has 1 fully saturated rings. The summed E-state index contributed by atoms with van der Waals surface area (Å²) in [5.74, 6) is 0.0634. The smallest absolute Gasteiger partial charge is 0.234 e.